The average molecular weight is 324 g/mol. The first-order chi connectivity index (χ1) is 11.6. The van der Waals surface area contributed by atoms with Crippen LogP contribution in [0.2, 0.25) is 0 Å². The van der Waals surface area contributed by atoms with Crippen LogP contribution >= 0.6 is 0 Å². The average Bonchev–Trinajstić information content (AvgIpc) is 2.87. The number of hydrogen-bond acceptors (Lipinski definition) is 4. The first-order valence-corrected chi connectivity index (χ1v) is 8.59. The molecule has 2 heterocycles. The minimum absolute atomic E-state index is 0.225. The Labute approximate surface area is 143 Å². The van der Waals surface area contributed by atoms with E-state index in [9.17, 15) is 4.79 Å². The first-order valence-electron chi connectivity index (χ1n) is 8.59. The van der Waals surface area contributed by atoms with E-state index in [4.69, 9.17) is 0 Å². The fourth-order valence-corrected chi connectivity index (χ4v) is 3.04. The quantitative estimate of drug-likeness (QED) is 0.934. The van der Waals surface area contributed by atoms with Crippen LogP contribution in [-0.4, -0.2) is 29.0 Å². The monoisotopic (exact) mass is 324 g/mol. The molecule has 0 atom stereocenters. The van der Waals surface area contributed by atoms with Gasteiger partial charge >= 0.3 is 0 Å². The number of aromatic nitrogens is 2. The number of amides is 1. The van der Waals surface area contributed by atoms with E-state index < -0.39 is 0 Å². The van der Waals surface area contributed by atoms with Crippen molar-refractivity contribution in [2.45, 2.75) is 39.5 Å². The van der Waals surface area contributed by atoms with Crippen molar-refractivity contribution in [3.63, 3.8) is 0 Å². The van der Waals surface area contributed by atoms with Gasteiger partial charge in [-0.25, -0.2) is 9.97 Å². The lowest BCUT2D eigenvalue weighted by Gasteiger charge is -2.20. The van der Waals surface area contributed by atoms with Crippen LogP contribution in [0.4, 0.5) is 11.5 Å². The maximum atomic E-state index is 12.4. The predicted molar refractivity (Wildman–Crippen MR) is 96.6 cm³/mol. The van der Waals surface area contributed by atoms with E-state index in [1.807, 2.05) is 32.0 Å². The molecule has 0 bridgehead atoms. The molecule has 1 fully saturated rings. The van der Waals surface area contributed by atoms with E-state index in [0.29, 0.717) is 5.69 Å². The Morgan fingerprint density at radius 2 is 1.79 bits per heavy atom. The number of benzene rings is 1. The van der Waals surface area contributed by atoms with E-state index in [2.05, 4.69) is 20.2 Å². The second-order valence-corrected chi connectivity index (χ2v) is 6.43. The van der Waals surface area contributed by atoms with Gasteiger partial charge in [0.05, 0.1) is 12.4 Å². The summed E-state index contributed by atoms with van der Waals surface area (Å²) in [6.45, 7) is 6.05. The number of nitrogens with zero attached hydrogens (tertiary/aromatic N) is 3. The van der Waals surface area contributed by atoms with Gasteiger partial charge in [-0.15, -0.1) is 0 Å². The molecule has 0 aliphatic carbocycles. The second-order valence-electron chi connectivity index (χ2n) is 6.43. The Bertz CT molecular complexity index is 704. The molecule has 1 aliphatic rings. The molecule has 0 unspecified atom stereocenters. The van der Waals surface area contributed by atoms with Crippen LogP contribution in [0.1, 0.15) is 47.3 Å². The highest BCUT2D eigenvalue weighted by molar-refractivity contribution is 6.03. The van der Waals surface area contributed by atoms with Crippen LogP contribution in [0.5, 0.6) is 0 Å². The molecule has 1 aliphatic heterocycles. The van der Waals surface area contributed by atoms with Gasteiger partial charge in [0.25, 0.3) is 5.91 Å². The van der Waals surface area contributed by atoms with Crippen LogP contribution in [0.15, 0.2) is 30.6 Å². The summed E-state index contributed by atoms with van der Waals surface area (Å²) >= 11 is 0. The highest BCUT2D eigenvalue weighted by atomic mass is 16.1. The molecule has 3 rings (SSSR count). The summed E-state index contributed by atoms with van der Waals surface area (Å²) in [5.41, 5.74) is 3.36. The van der Waals surface area contributed by atoms with Crippen molar-refractivity contribution < 1.29 is 4.79 Å². The zero-order chi connectivity index (χ0) is 16.9. The molecule has 126 valence electrons. The van der Waals surface area contributed by atoms with Crippen molar-refractivity contribution in [2.24, 2.45) is 0 Å². The Morgan fingerprint density at radius 3 is 2.42 bits per heavy atom. The Morgan fingerprint density at radius 1 is 1.04 bits per heavy atom. The molecule has 1 amide bonds. The van der Waals surface area contributed by atoms with Crippen molar-refractivity contribution in [3.05, 3.63) is 47.4 Å². The fourth-order valence-electron chi connectivity index (χ4n) is 3.04. The van der Waals surface area contributed by atoms with Gasteiger partial charge in [-0.1, -0.05) is 30.5 Å². The Balaban J connectivity index is 1.69. The lowest BCUT2D eigenvalue weighted by atomic mass is 10.1. The molecule has 0 saturated carbocycles. The summed E-state index contributed by atoms with van der Waals surface area (Å²) in [7, 11) is 0. The molecule has 1 aromatic carbocycles. The van der Waals surface area contributed by atoms with E-state index in [1.54, 1.807) is 12.4 Å². The van der Waals surface area contributed by atoms with Gasteiger partial charge in [0.1, 0.15) is 11.5 Å². The summed E-state index contributed by atoms with van der Waals surface area (Å²) < 4.78 is 0. The summed E-state index contributed by atoms with van der Waals surface area (Å²) in [5.74, 6) is 0.636. The van der Waals surface area contributed by atoms with E-state index >= 15 is 0 Å². The van der Waals surface area contributed by atoms with Crippen LogP contribution < -0.4 is 10.2 Å². The van der Waals surface area contributed by atoms with Gasteiger partial charge in [-0.3, -0.25) is 4.79 Å². The molecule has 1 N–H and O–H groups in total. The Hall–Kier alpha value is -2.43. The van der Waals surface area contributed by atoms with Gasteiger partial charge in [0.15, 0.2) is 0 Å². The zero-order valence-corrected chi connectivity index (χ0v) is 14.4. The molecule has 0 spiro atoms. The normalized spacial score (nSPS) is 15.0. The minimum atomic E-state index is -0.225. The first kappa shape index (κ1) is 16.4. The van der Waals surface area contributed by atoms with Gasteiger partial charge in [0, 0.05) is 18.8 Å². The SMILES string of the molecule is Cc1ccc(NC(=O)c2cnc(N3CCCCCC3)cn2)c(C)c1. The number of anilines is 2. The topological polar surface area (TPSA) is 58.1 Å². The van der Waals surface area contributed by atoms with Crippen molar-refractivity contribution in [1.29, 1.82) is 0 Å². The summed E-state index contributed by atoms with van der Waals surface area (Å²) in [6.07, 6.45) is 8.22. The third kappa shape index (κ3) is 3.91. The summed E-state index contributed by atoms with van der Waals surface area (Å²) in [5, 5.41) is 2.91. The lowest BCUT2D eigenvalue weighted by Crippen LogP contribution is -2.25. The molecule has 24 heavy (non-hydrogen) atoms. The third-order valence-corrected chi connectivity index (χ3v) is 4.43. The molecule has 1 aromatic heterocycles. The number of hydrogen-bond donors (Lipinski definition) is 1. The molecule has 5 heteroatoms. The van der Waals surface area contributed by atoms with Crippen molar-refractivity contribution in [3.8, 4) is 0 Å². The fraction of sp³-hybridized carbons (Fsp3) is 0.421. The van der Waals surface area contributed by atoms with Crippen molar-refractivity contribution >= 4 is 17.4 Å². The molecular weight excluding hydrogens is 300 g/mol. The summed E-state index contributed by atoms with van der Waals surface area (Å²) in [4.78, 5) is 23.4. The zero-order valence-electron chi connectivity index (χ0n) is 14.4. The number of rotatable bonds is 3. The number of carbonyl (C=O) groups is 1. The van der Waals surface area contributed by atoms with Crippen LogP contribution in [0.3, 0.4) is 0 Å². The van der Waals surface area contributed by atoms with Gasteiger partial charge in [-0.05, 0) is 38.3 Å². The smallest absolute Gasteiger partial charge is 0.275 e. The van der Waals surface area contributed by atoms with Crippen molar-refractivity contribution in [2.75, 3.05) is 23.3 Å². The molecule has 0 radical (unpaired) electrons. The van der Waals surface area contributed by atoms with Crippen LogP contribution in [0, 0.1) is 13.8 Å². The van der Waals surface area contributed by atoms with Crippen LogP contribution in [0.25, 0.3) is 0 Å². The standard InChI is InChI=1S/C19H24N4O/c1-14-7-8-16(15(2)11-14)22-19(24)17-12-21-18(13-20-17)23-9-5-3-4-6-10-23/h7-8,11-13H,3-6,9-10H2,1-2H3,(H,22,24). The van der Waals surface area contributed by atoms with Crippen molar-refractivity contribution in [1.82, 2.24) is 9.97 Å². The third-order valence-electron chi connectivity index (χ3n) is 4.43. The molecule has 2 aromatic rings. The van der Waals surface area contributed by atoms with Crippen LogP contribution in [-0.2, 0) is 0 Å². The Kier molecular flexibility index (Phi) is 5.08. The molecular formula is C19H24N4O. The molecule has 5 nitrogen and oxygen atoms in total. The minimum Gasteiger partial charge on any atom is -0.355 e. The van der Waals surface area contributed by atoms with Gasteiger partial charge in [-0.2, -0.15) is 0 Å². The number of aryl methyl sites for hydroxylation is 2. The lowest BCUT2D eigenvalue weighted by molar-refractivity contribution is 0.102. The molecule has 1 saturated heterocycles. The van der Waals surface area contributed by atoms with E-state index in [-0.39, 0.29) is 5.91 Å². The number of nitrogens with one attached hydrogen (secondary N) is 1. The van der Waals surface area contributed by atoms with Gasteiger partial charge < -0.3 is 10.2 Å². The largest absolute Gasteiger partial charge is 0.355 e. The van der Waals surface area contributed by atoms with E-state index in [1.165, 1.54) is 31.2 Å². The predicted octanol–water partition coefficient (Wildman–Crippen LogP) is 3.73. The summed E-state index contributed by atoms with van der Waals surface area (Å²) in [6, 6.07) is 5.95. The number of carbonyl (C=O) groups excluding carboxylic acids is 1. The highest BCUT2D eigenvalue weighted by Crippen LogP contribution is 2.18. The maximum absolute atomic E-state index is 12.4. The van der Waals surface area contributed by atoms with E-state index in [0.717, 1.165) is 30.2 Å². The highest BCUT2D eigenvalue weighted by Gasteiger charge is 2.14. The maximum Gasteiger partial charge on any atom is 0.275 e. The van der Waals surface area contributed by atoms with Gasteiger partial charge in [0.2, 0.25) is 0 Å². The second kappa shape index (κ2) is 7.43.